The second kappa shape index (κ2) is 10.7. The molecule has 1 amide bonds. The van der Waals surface area contributed by atoms with Crippen LogP contribution in [0.4, 0.5) is 17.1 Å². The first-order valence-electron chi connectivity index (χ1n) is 13.4. The second-order valence-corrected chi connectivity index (χ2v) is 11.0. The molecule has 0 saturated heterocycles. The fourth-order valence-electron chi connectivity index (χ4n) is 5.78. The summed E-state index contributed by atoms with van der Waals surface area (Å²) in [5.41, 5.74) is 6.60. The molecule has 2 atom stereocenters. The van der Waals surface area contributed by atoms with Gasteiger partial charge in [0.15, 0.2) is 5.78 Å². The molecule has 0 aromatic heterocycles. The Morgan fingerprint density at radius 2 is 1.50 bits per heavy atom. The Labute approximate surface area is 239 Å². The molecule has 1 aliphatic carbocycles. The highest BCUT2D eigenvalue weighted by Crippen LogP contribution is 2.48. The van der Waals surface area contributed by atoms with Crippen LogP contribution in [-0.4, -0.2) is 25.8 Å². The number of rotatable bonds is 4. The monoisotopic (exact) mass is 547 g/mol. The molecule has 0 unspecified atom stereocenters. The number of para-hydroxylation sites is 2. The van der Waals surface area contributed by atoms with Crippen molar-refractivity contribution in [3.05, 3.63) is 136 Å². The molecule has 4 aromatic rings. The quantitative estimate of drug-likeness (QED) is 0.285. The number of halogens is 1. The average Bonchev–Trinajstić information content (AvgIpc) is 3.12. The second-order valence-electron chi connectivity index (χ2n) is 10.5. The summed E-state index contributed by atoms with van der Waals surface area (Å²) in [6.45, 7) is 0. The van der Waals surface area contributed by atoms with Crippen molar-refractivity contribution in [3.8, 4) is 0 Å². The number of allylic oxidation sites excluding steroid dienone is 1. The van der Waals surface area contributed by atoms with Gasteiger partial charge in [-0.3, -0.25) is 14.5 Å². The molecule has 1 aliphatic heterocycles. The van der Waals surface area contributed by atoms with E-state index in [9.17, 15) is 9.59 Å². The first-order chi connectivity index (χ1) is 19.4. The van der Waals surface area contributed by atoms with Gasteiger partial charge in [-0.05, 0) is 72.0 Å². The van der Waals surface area contributed by atoms with Crippen molar-refractivity contribution in [2.75, 3.05) is 29.2 Å². The fourth-order valence-corrected chi connectivity index (χ4v) is 5.90. The zero-order valence-corrected chi connectivity index (χ0v) is 23.2. The molecule has 40 heavy (non-hydrogen) atoms. The summed E-state index contributed by atoms with van der Waals surface area (Å²) in [7, 11) is 3.98. The first-order valence-corrected chi connectivity index (χ1v) is 13.8. The summed E-state index contributed by atoms with van der Waals surface area (Å²) >= 11 is 6.16. The lowest BCUT2D eigenvalue weighted by Crippen LogP contribution is -2.38. The van der Waals surface area contributed by atoms with Gasteiger partial charge < -0.3 is 10.2 Å². The third-order valence-corrected chi connectivity index (χ3v) is 8.05. The van der Waals surface area contributed by atoms with Crippen LogP contribution in [0.1, 0.15) is 46.3 Å². The van der Waals surface area contributed by atoms with E-state index in [-0.39, 0.29) is 17.6 Å². The standard InChI is InChI=1S/C34H30ClN3O2/c1-37(2)27-18-14-23(15-19-27)33-32-29(20-25(21-31(32)39)22-8-4-3-5-9-22)36-28-10-6-7-11-30(28)38(33)34(40)24-12-16-26(35)17-13-24/h3-19,25,33,36H,20-21H2,1-2H3/t25-,33-/m0/s1. The largest absolute Gasteiger partial charge is 0.378 e. The Balaban J connectivity index is 1.56. The van der Waals surface area contributed by atoms with Gasteiger partial charge in [-0.2, -0.15) is 0 Å². The molecule has 4 aromatic carbocycles. The van der Waals surface area contributed by atoms with E-state index in [1.165, 1.54) is 0 Å². The van der Waals surface area contributed by atoms with Crippen molar-refractivity contribution < 1.29 is 9.59 Å². The smallest absolute Gasteiger partial charge is 0.259 e. The maximum absolute atomic E-state index is 14.4. The third-order valence-electron chi connectivity index (χ3n) is 7.79. The maximum Gasteiger partial charge on any atom is 0.259 e. The van der Waals surface area contributed by atoms with Crippen molar-refractivity contribution in [1.29, 1.82) is 0 Å². The van der Waals surface area contributed by atoms with Crippen molar-refractivity contribution in [3.63, 3.8) is 0 Å². The number of fused-ring (bicyclic) bond motifs is 1. The number of nitrogens with one attached hydrogen (secondary N) is 1. The summed E-state index contributed by atoms with van der Waals surface area (Å²) in [5.74, 6) is -0.0901. The molecule has 5 nitrogen and oxygen atoms in total. The van der Waals surface area contributed by atoms with Gasteiger partial charge in [0.05, 0.1) is 17.4 Å². The summed E-state index contributed by atoms with van der Waals surface area (Å²) in [6, 6.07) is 32.4. The van der Waals surface area contributed by atoms with E-state index < -0.39 is 6.04 Å². The van der Waals surface area contributed by atoms with E-state index in [1.807, 2.05) is 85.7 Å². The lowest BCUT2D eigenvalue weighted by molar-refractivity contribution is -0.116. The van der Waals surface area contributed by atoms with Crippen molar-refractivity contribution in [1.82, 2.24) is 0 Å². The lowest BCUT2D eigenvalue weighted by atomic mass is 9.78. The highest BCUT2D eigenvalue weighted by molar-refractivity contribution is 6.30. The molecular formula is C34H30ClN3O2. The number of anilines is 3. The number of ketones is 1. The molecule has 0 saturated carbocycles. The summed E-state index contributed by atoms with van der Waals surface area (Å²) < 4.78 is 0. The van der Waals surface area contributed by atoms with E-state index in [2.05, 4.69) is 17.4 Å². The lowest BCUT2D eigenvalue weighted by Gasteiger charge is -2.35. The Kier molecular flexibility index (Phi) is 6.91. The van der Waals surface area contributed by atoms with Crippen LogP contribution in [0.3, 0.4) is 0 Å². The zero-order valence-electron chi connectivity index (χ0n) is 22.5. The third kappa shape index (κ3) is 4.78. The first kappa shape index (κ1) is 25.9. The van der Waals surface area contributed by atoms with Crippen molar-refractivity contribution in [2.24, 2.45) is 0 Å². The number of hydrogen-bond donors (Lipinski definition) is 1. The average molecular weight is 548 g/mol. The van der Waals surface area contributed by atoms with Crippen molar-refractivity contribution >= 4 is 40.4 Å². The van der Waals surface area contributed by atoms with Gasteiger partial charge >= 0.3 is 0 Å². The topological polar surface area (TPSA) is 52.7 Å². The van der Waals surface area contributed by atoms with Gasteiger partial charge in [-0.1, -0.05) is 66.2 Å². The summed E-state index contributed by atoms with van der Waals surface area (Å²) in [5, 5.41) is 4.16. The van der Waals surface area contributed by atoms with Crippen LogP contribution in [0.15, 0.2) is 114 Å². The number of carbonyl (C=O) groups excluding carboxylic acids is 2. The van der Waals surface area contributed by atoms with E-state index in [0.29, 0.717) is 29.0 Å². The SMILES string of the molecule is CN(C)c1ccc([C@H]2C3=C(C[C@H](c4ccccc4)CC3=O)Nc3ccccc3N2C(=O)c2ccc(Cl)cc2)cc1. The van der Waals surface area contributed by atoms with Crippen LogP contribution < -0.4 is 15.1 Å². The molecule has 200 valence electrons. The zero-order chi connectivity index (χ0) is 27.8. The molecule has 6 rings (SSSR count). The predicted molar refractivity (Wildman–Crippen MR) is 162 cm³/mol. The van der Waals surface area contributed by atoms with Crippen LogP contribution in [0.25, 0.3) is 0 Å². The van der Waals surface area contributed by atoms with Crippen LogP contribution in [0.2, 0.25) is 5.02 Å². The van der Waals surface area contributed by atoms with Crippen LogP contribution in [0, 0.1) is 0 Å². The van der Waals surface area contributed by atoms with Gasteiger partial charge in [-0.25, -0.2) is 0 Å². The van der Waals surface area contributed by atoms with Gasteiger partial charge in [0.1, 0.15) is 0 Å². The normalized spacial score (nSPS) is 18.4. The molecule has 6 heteroatoms. The Morgan fingerprint density at radius 3 is 2.20 bits per heavy atom. The highest BCUT2D eigenvalue weighted by Gasteiger charge is 2.41. The number of Topliss-reactive ketones (excluding diaryl/α,β-unsaturated/α-hetero) is 1. The predicted octanol–water partition coefficient (Wildman–Crippen LogP) is 7.62. The minimum absolute atomic E-state index is 0.0472. The Bertz CT molecular complexity index is 1590. The number of amides is 1. The minimum atomic E-state index is -0.602. The molecule has 1 N–H and O–H groups in total. The molecule has 0 bridgehead atoms. The number of hydrogen-bond acceptors (Lipinski definition) is 4. The molecule has 2 aliphatic rings. The molecule has 0 spiro atoms. The minimum Gasteiger partial charge on any atom is -0.378 e. The Morgan fingerprint density at radius 1 is 0.825 bits per heavy atom. The van der Waals surface area contributed by atoms with Gasteiger partial charge in [0.25, 0.3) is 5.91 Å². The van der Waals surface area contributed by atoms with Gasteiger partial charge in [0, 0.05) is 48.1 Å². The number of carbonyl (C=O) groups is 2. The number of benzene rings is 4. The number of nitrogens with zero attached hydrogens (tertiary/aromatic N) is 2. The van der Waals surface area contributed by atoms with E-state index >= 15 is 0 Å². The van der Waals surface area contributed by atoms with E-state index in [4.69, 9.17) is 11.6 Å². The fraction of sp³-hybridized carbons (Fsp3) is 0.176. The van der Waals surface area contributed by atoms with Crippen LogP contribution in [-0.2, 0) is 4.79 Å². The van der Waals surface area contributed by atoms with Gasteiger partial charge in [-0.15, -0.1) is 0 Å². The Hall–Kier alpha value is -4.35. The van der Waals surface area contributed by atoms with E-state index in [0.717, 1.165) is 33.9 Å². The summed E-state index contributed by atoms with van der Waals surface area (Å²) in [6.07, 6.45) is 1.06. The van der Waals surface area contributed by atoms with Crippen molar-refractivity contribution in [2.45, 2.75) is 24.8 Å². The molecular weight excluding hydrogens is 518 g/mol. The van der Waals surface area contributed by atoms with Crippen LogP contribution in [0.5, 0.6) is 0 Å². The molecule has 1 heterocycles. The summed E-state index contributed by atoms with van der Waals surface area (Å²) in [4.78, 5) is 32.3. The van der Waals surface area contributed by atoms with Crippen LogP contribution >= 0.6 is 11.6 Å². The molecule has 0 fully saturated rings. The van der Waals surface area contributed by atoms with Gasteiger partial charge in [0.2, 0.25) is 0 Å². The van der Waals surface area contributed by atoms with E-state index in [1.54, 1.807) is 29.2 Å². The molecule has 0 radical (unpaired) electrons. The highest BCUT2D eigenvalue weighted by atomic mass is 35.5. The maximum atomic E-state index is 14.4.